The largest absolute Gasteiger partial charge is 0.462 e. The molecule has 0 spiro atoms. The van der Waals surface area contributed by atoms with E-state index in [4.69, 9.17) is 9.47 Å². The number of carbonyl (C=O) groups is 3. The van der Waals surface area contributed by atoms with Crippen LogP contribution in [0, 0.1) is 20.8 Å². The number of fused-ring (bicyclic) bond motifs is 1. The number of hydrogen-bond acceptors (Lipinski definition) is 10. The monoisotopic (exact) mass is 569 g/mol. The molecule has 4 aromatic rings. The lowest BCUT2D eigenvalue weighted by atomic mass is 10.0. The van der Waals surface area contributed by atoms with E-state index in [-0.39, 0.29) is 40.3 Å². The summed E-state index contributed by atoms with van der Waals surface area (Å²) in [6, 6.07) is 6.31. The highest BCUT2D eigenvalue weighted by Gasteiger charge is 2.27. The van der Waals surface area contributed by atoms with Crippen molar-refractivity contribution in [2.75, 3.05) is 24.3 Å². The Bertz CT molecular complexity index is 1530. The number of rotatable bonds is 9. The van der Waals surface area contributed by atoms with Crippen LogP contribution in [0.1, 0.15) is 50.6 Å². The third-order valence-electron chi connectivity index (χ3n) is 5.83. The van der Waals surface area contributed by atoms with E-state index in [1.165, 1.54) is 40.6 Å². The van der Waals surface area contributed by atoms with E-state index in [1.807, 2.05) is 0 Å². The molecule has 8 nitrogen and oxygen atoms in total. The number of thiophene rings is 2. The van der Waals surface area contributed by atoms with Crippen LogP contribution in [-0.2, 0) is 14.3 Å². The first-order chi connectivity index (χ1) is 18.2. The first kappa shape index (κ1) is 27.7. The van der Waals surface area contributed by atoms with Gasteiger partial charge in [0.2, 0.25) is 5.91 Å². The van der Waals surface area contributed by atoms with Gasteiger partial charge in [-0.25, -0.2) is 19.6 Å². The Morgan fingerprint density at radius 3 is 2.45 bits per heavy atom. The van der Waals surface area contributed by atoms with Crippen molar-refractivity contribution < 1.29 is 23.9 Å². The maximum absolute atomic E-state index is 13.0. The molecule has 0 radical (unpaired) electrons. The standard InChI is InChI=1S/C27H27N3O5S3/c1-6-34-26(32)20-16(5)22(27(33)35-7-2)38-25(20)30-19(31)12-37-24-21-18(11-36-23(21)28-13-29-24)17-9-8-14(3)15(4)10-17/h8-11,13H,6-7,12H2,1-5H3,(H,30,31). The first-order valence-corrected chi connectivity index (χ1v) is 14.6. The molecule has 3 heterocycles. The van der Waals surface area contributed by atoms with Crippen molar-refractivity contribution in [3.05, 3.63) is 57.0 Å². The van der Waals surface area contributed by atoms with Gasteiger partial charge in [0, 0.05) is 10.9 Å². The van der Waals surface area contributed by atoms with Crippen molar-refractivity contribution >= 4 is 67.5 Å². The zero-order chi connectivity index (χ0) is 27.4. The quantitative estimate of drug-likeness (QED) is 0.140. The van der Waals surface area contributed by atoms with Gasteiger partial charge in [-0.3, -0.25) is 4.79 Å². The van der Waals surface area contributed by atoms with Crippen molar-refractivity contribution in [3.8, 4) is 11.1 Å². The van der Waals surface area contributed by atoms with Crippen LogP contribution < -0.4 is 5.32 Å². The number of aryl methyl sites for hydroxylation is 2. The highest BCUT2D eigenvalue weighted by molar-refractivity contribution is 8.00. The summed E-state index contributed by atoms with van der Waals surface area (Å²) in [7, 11) is 0. The molecule has 11 heteroatoms. The molecule has 4 rings (SSSR count). The SMILES string of the molecule is CCOC(=O)c1sc(NC(=O)CSc2ncnc3scc(-c4ccc(C)c(C)c4)c23)c(C(=O)OCC)c1C. The van der Waals surface area contributed by atoms with Gasteiger partial charge in [-0.15, -0.1) is 22.7 Å². The Hall–Kier alpha value is -3.28. The number of benzene rings is 1. The molecule has 0 fully saturated rings. The maximum Gasteiger partial charge on any atom is 0.348 e. The van der Waals surface area contributed by atoms with Crippen molar-refractivity contribution in [1.29, 1.82) is 0 Å². The molecule has 0 saturated heterocycles. The summed E-state index contributed by atoms with van der Waals surface area (Å²) in [5.74, 6) is -1.45. The Labute approximate surface area is 232 Å². The Morgan fingerprint density at radius 2 is 1.74 bits per heavy atom. The Balaban J connectivity index is 1.58. The smallest absolute Gasteiger partial charge is 0.348 e. The van der Waals surface area contributed by atoms with Gasteiger partial charge in [0.25, 0.3) is 0 Å². The molecule has 198 valence electrons. The van der Waals surface area contributed by atoms with Crippen LogP contribution >= 0.6 is 34.4 Å². The molecule has 1 N–H and O–H groups in total. The highest BCUT2D eigenvalue weighted by atomic mass is 32.2. The molecule has 38 heavy (non-hydrogen) atoms. The Kier molecular flexibility index (Phi) is 8.80. The second kappa shape index (κ2) is 12.1. The fourth-order valence-corrected chi connectivity index (χ4v) is 6.72. The minimum absolute atomic E-state index is 0.0439. The van der Waals surface area contributed by atoms with Gasteiger partial charge in [0.05, 0.1) is 29.9 Å². The Morgan fingerprint density at radius 1 is 1.00 bits per heavy atom. The van der Waals surface area contributed by atoms with Crippen LogP contribution in [0.2, 0.25) is 0 Å². The molecule has 0 bridgehead atoms. The topological polar surface area (TPSA) is 107 Å². The predicted molar refractivity (Wildman–Crippen MR) is 153 cm³/mol. The number of esters is 2. The lowest BCUT2D eigenvalue weighted by molar-refractivity contribution is -0.113. The fourth-order valence-electron chi connectivity index (χ4n) is 3.82. The molecule has 0 aliphatic heterocycles. The van der Waals surface area contributed by atoms with Gasteiger partial charge in [-0.2, -0.15) is 0 Å². The molecule has 3 aromatic heterocycles. The second-order valence-corrected chi connectivity index (χ2v) is 11.2. The molecule has 0 aliphatic rings. The van der Waals surface area contributed by atoms with Gasteiger partial charge < -0.3 is 14.8 Å². The summed E-state index contributed by atoms with van der Waals surface area (Å²) in [6.45, 7) is 9.56. The zero-order valence-corrected chi connectivity index (χ0v) is 24.1. The number of amides is 1. The molecule has 1 amide bonds. The average molecular weight is 570 g/mol. The summed E-state index contributed by atoms with van der Waals surface area (Å²) < 4.78 is 10.3. The molecular weight excluding hydrogens is 543 g/mol. The van der Waals surface area contributed by atoms with Crippen LogP contribution in [-0.4, -0.2) is 46.8 Å². The predicted octanol–water partition coefficient (Wildman–Crippen LogP) is 6.43. The summed E-state index contributed by atoms with van der Waals surface area (Å²) in [6.07, 6.45) is 1.50. The van der Waals surface area contributed by atoms with Gasteiger partial charge in [0.1, 0.15) is 26.1 Å². The van der Waals surface area contributed by atoms with Gasteiger partial charge in [0.15, 0.2) is 0 Å². The van der Waals surface area contributed by atoms with Crippen molar-refractivity contribution in [1.82, 2.24) is 9.97 Å². The molecule has 0 atom stereocenters. The first-order valence-electron chi connectivity index (χ1n) is 11.9. The van der Waals surface area contributed by atoms with Crippen LogP contribution in [0.15, 0.2) is 34.9 Å². The molecule has 0 saturated carbocycles. The van der Waals surface area contributed by atoms with Crippen LogP contribution in [0.5, 0.6) is 0 Å². The summed E-state index contributed by atoms with van der Waals surface area (Å²) >= 11 is 3.82. The summed E-state index contributed by atoms with van der Waals surface area (Å²) in [4.78, 5) is 48.0. The van der Waals surface area contributed by atoms with Crippen molar-refractivity contribution in [2.45, 2.75) is 39.6 Å². The number of thioether (sulfide) groups is 1. The van der Waals surface area contributed by atoms with Crippen LogP contribution in [0.3, 0.4) is 0 Å². The molecule has 1 aromatic carbocycles. The molecular formula is C27H27N3O5S3. The van der Waals surface area contributed by atoms with E-state index in [0.717, 1.165) is 32.7 Å². The number of hydrogen-bond donors (Lipinski definition) is 1. The number of aromatic nitrogens is 2. The van der Waals surface area contributed by atoms with E-state index in [1.54, 1.807) is 20.8 Å². The third-order valence-corrected chi connectivity index (χ3v) is 8.90. The second-order valence-electron chi connectivity index (χ2n) is 8.35. The van der Waals surface area contributed by atoms with Crippen molar-refractivity contribution in [3.63, 3.8) is 0 Å². The minimum Gasteiger partial charge on any atom is -0.462 e. The van der Waals surface area contributed by atoms with Crippen molar-refractivity contribution in [2.24, 2.45) is 0 Å². The average Bonchev–Trinajstić information content (AvgIpc) is 3.46. The normalized spacial score (nSPS) is 11.0. The lowest BCUT2D eigenvalue weighted by Gasteiger charge is -2.08. The van der Waals surface area contributed by atoms with Gasteiger partial charge in [-0.05, 0) is 56.9 Å². The number of carbonyl (C=O) groups excluding carboxylic acids is 3. The summed E-state index contributed by atoms with van der Waals surface area (Å²) in [5, 5.41) is 6.71. The van der Waals surface area contributed by atoms with Crippen LogP contribution in [0.25, 0.3) is 21.3 Å². The summed E-state index contributed by atoms with van der Waals surface area (Å²) in [5.41, 5.74) is 5.08. The number of ether oxygens (including phenoxy) is 2. The lowest BCUT2D eigenvalue weighted by Crippen LogP contribution is -2.16. The number of nitrogens with one attached hydrogen (secondary N) is 1. The number of nitrogens with zero attached hydrogens (tertiary/aromatic N) is 2. The van der Waals surface area contributed by atoms with E-state index in [2.05, 4.69) is 52.7 Å². The third kappa shape index (κ3) is 5.74. The van der Waals surface area contributed by atoms with E-state index in [0.29, 0.717) is 10.6 Å². The van der Waals surface area contributed by atoms with E-state index < -0.39 is 11.9 Å². The number of anilines is 1. The van der Waals surface area contributed by atoms with Gasteiger partial charge >= 0.3 is 11.9 Å². The molecule has 0 unspecified atom stereocenters. The minimum atomic E-state index is -0.603. The van der Waals surface area contributed by atoms with Gasteiger partial charge in [-0.1, -0.05) is 30.0 Å². The maximum atomic E-state index is 13.0. The zero-order valence-electron chi connectivity index (χ0n) is 21.7. The molecule has 0 aliphatic carbocycles. The van der Waals surface area contributed by atoms with E-state index in [9.17, 15) is 14.4 Å². The van der Waals surface area contributed by atoms with E-state index >= 15 is 0 Å². The fraction of sp³-hybridized carbons (Fsp3) is 0.296. The highest BCUT2D eigenvalue weighted by Crippen LogP contribution is 2.39. The van der Waals surface area contributed by atoms with Crippen LogP contribution in [0.4, 0.5) is 5.00 Å².